The molecule has 0 aromatic carbocycles. The van der Waals surface area contributed by atoms with Crippen molar-refractivity contribution in [2.45, 2.75) is 57.1 Å². The van der Waals surface area contributed by atoms with E-state index in [1.165, 1.54) is 23.8 Å². The van der Waals surface area contributed by atoms with E-state index < -0.39 is 42.9 Å². The van der Waals surface area contributed by atoms with Crippen molar-refractivity contribution in [1.82, 2.24) is 9.80 Å². The quantitative estimate of drug-likeness (QED) is 0.602. The number of fused-ring (bicyclic) bond motifs is 1. The van der Waals surface area contributed by atoms with Gasteiger partial charge in [-0.25, -0.2) is 0 Å². The molecule has 142 valence electrons. The van der Waals surface area contributed by atoms with E-state index in [-0.39, 0.29) is 18.9 Å². The number of amides is 2. The molecule has 3 rings (SSSR count). The summed E-state index contributed by atoms with van der Waals surface area (Å²) >= 11 is 0. The van der Waals surface area contributed by atoms with Gasteiger partial charge in [-0.1, -0.05) is 0 Å². The number of carbonyl (C=O) groups is 2. The van der Waals surface area contributed by atoms with Crippen molar-refractivity contribution >= 4 is 11.8 Å². The topological polar surface area (TPSA) is 107 Å². The fourth-order valence-corrected chi connectivity index (χ4v) is 3.03. The SMILES string of the molecule is CC(=O)N(C)CN(C)C(=O)C1OC2OC(C3COC(C)O3)C(O)C2O1. The van der Waals surface area contributed by atoms with Gasteiger partial charge in [-0.2, -0.15) is 0 Å². The molecule has 3 saturated heterocycles. The lowest BCUT2D eigenvalue weighted by molar-refractivity contribution is -0.200. The van der Waals surface area contributed by atoms with Gasteiger partial charge in [0.1, 0.15) is 24.4 Å². The van der Waals surface area contributed by atoms with Crippen molar-refractivity contribution in [1.29, 1.82) is 0 Å². The van der Waals surface area contributed by atoms with E-state index in [0.29, 0.717) is 6.61 Å². The van der Waals surface area contributed by atoms with Crippen LogP contribution >= 0.6 is 0 Å². The third-order valence-electron chi connectivity index (χ3n) is 4.54. The van der Waals surface area contributed by atoms with Gasteiger partial charge in [-0.15, -0.1) is 0 Å². The molecule has 2 amide bonds. The lowest BCUT2D eigenvalue weighted by Gasteiger charge is -2.27. The van der Waals surface area contributed by atoms with Gasteiger partial charge >= 0.3 is 0 Å². The molecule has 7 atom stereocenters. The Balaban J connectivity index is 1.55. The van der Waals surface area contributed by atoms with Crippen LogP contribution in [0.25, 0.3) is 0 Å². The first-order chi connectivity index (χ1) is 11.8. The Hall–Kier alpha value is -1.30. The van der Waals surface area contributed by atoms with Crippen LogP contribution in [0.1, 0.15) is 13.8 Å². The van der Waals surface area contributed by atoms with Crippen LogP contribution in [0.2, 0.25) is 0 Å². The van der Waals surface area contributed by atoms with Gasteiger partial charge < -0.3 is 38.6 Å². The zero-order valence-corrected chi connectivity index (χ0v) is 14.7. The van der Waals surface area contributed by atoms with E-state index in [2.05, 4.69) is 0 Å². The van der Waals surface area contributed by atoms with Crippen molar-refractivity contribution in [2.75, 3.05) is 27.4 Å². The minimum atomic E-state index is -1.18. The number of likely N-dealkylation sites (N-methyl/N-ethyl adjacent to an activating group) is 1. The molecule has 0 bridgehead atoms. The van der Waals surface area contributed by atoms with Crippen molar-refractivity contribution in [3.63, 3.8) is 0 Å². The van der Waals surface area contributed by atoms with Crippen LogP contribution in [0.4, 0.5) is 0 Å². The molecule has 10 heteroatoms. The molecule has 3 aliphatic heterocycles. The summed E-state index contributed by atoms with van der Waals surface area (Å²) in [6, 6.07) is 0. The second-order valence-electron chi connectivity index (χ2n) is 6.50. The molecule has 0 radical (unpaired) electrons. The summed E-state index contributed by atoms with van der Waals surface area (Å²) in [4.78, 5) is 26.3. The van der Waals surface area contributed by atoms with Gasteiger partial charge in [0.05, 0.1) is 13.3 Å². The number of rotatable bonds is 4. The largest absolute Gasteiger partial charge is 0.387 e. The highest BCUT2D eigenvalue weighted by atomic mass is 16.8. The minimum Gasteiger partial charge on any atom is -0.387 e. The van der Waals surface area contributed by atoms with Gasteiger partial charge in [0.2, 0.25) is 12.2 Å². The standard InChI is InChI=1S/C15H24N2O8/c1-7(18)16(3)6-17(4)13(20)15-24-12-10(19)11(23-14(12)25-15)9-5-21-8(2)22-9/h8-12,14-15,19H,5-6H2,1-4H3. The third-order valence-corrected chi connectivity index (χ3v) is 4.54. The van der Waals surface area contributed by atoms with E-state index in [1.54, 1.807) is 14.0 Å². The minimum absolute atomic E-state index is 0.101. The van der Waals surface area contributed by atoms with E-state index in [0.717, 1.165) is 0 Å². The van der Waals surface area contributed by atoms with Crippen molar-refractivity contribution in [3.05, 3.63) is 0 Å². The van der Waals surface area contributed by atoms with E-state index in [4.69, 9.17) is 23.7 Å². The summed E-state index contributed by atoms with van der Waals surface area (Å²) in [6.07, 6.45) is -5.22. The maximum Gasteiger partial charge on any atom is 0.280 e. The van der Waals surface area contributed by atoms with Crippen molar-refractivity contribution in [2.24, 2.45) is 0 Å². The zero-order chi connectivity index (χ0) is 18.3. The maximum absolute atomic E-state index is 12.4. The van der Waals surface area contributed by atoms with Crippen molar-refractivity contribution < 1.29 is 38.4 Å². The first kappa shape index (κ1) is 18.5. The molecule has 10 nitrogen and oxygen atoms in total. The highest BCUT2D eigenvalue weighted by Crippen LogP contribution is 2.36. The summed E-state index contributed by atoms with van der Waals surface area (Å²) in [5, 5.41) is 10.4. The highest BCUT2D eigenvalue weighted by molar-refractivity contribution is 5.80. The molecule has 0 aromatic rings. The average Bonchev–Trinajstić information content (AvgIpc) is 3.23. The van der Waals surface area contributed by atoms with Crippen LogP contribution in [0.3, 0.4) is 0 Å². The van der Waals surface area contributed by atoms with E-state index in [1.807, 2.05) is 0 Å². The Bertz CT molecular complexity index is 532. The normalized spacial score (nSPS) is 40.1. The Morgan fingerprint density at radius 3 is 2.36 bits per heavy atom. The first-order valence-corrected chi connectivity index (χ1v) is 8.16. The third kappa shape index (κ3) is 3.64. The summed E-state index contributed by atoms with van der Waals surface area (Å²) in [6.45, 7) is 3.58. The maximum atomic E-state index is 12.4. The Morgan fingerprint density at radius 1 is 1.08 bits per heavy atom. The van der Waals surface area contributed by atoms with Crippen LogP contribution in [0, 0.1) is 0 Å². The van der Waals surface area contributed by atoms with Crippen LogP contribution < -0.4 is 0 Å². The Morgan fingerprint density at radius 2 is 1.80 bits per heavy atom. The lowest BCUT2D eigenvalue weighted by Crippen LogP contribution is -2.46. The summed E-state index contributed by atoms with van der Waals surface area (Å²) in [5.41, 5.74) is 0. The lowest BCUT2D eigenvalue weighted by atomic mass is 10.1. The van der Waals surface area contributed by atoms with Gasteiger partial charge in [0.15, 0.2) is 12.6 Å². The molecule has 3 aliphatic rings. The van der Waals surface area contributed by atoms with E-state index in [9.17, 15) is 14.7 Å². The predicted molar refractivity (Wildman–Crippen MR) is 80.8 cm³/mol. The van der Waals surface area contributed by atoms with Crippen LogP contribution in [0.5, 0.6) is 0 Å². The number of ether oxygens (including phenoxy) is 5. The second-order valence-corrected chi connectivity index (χ2v) is 6.50. The second kappa shape index (κ2) is 7.14. The van der Waals surface area contributed by atoms with Crippen LogP contribution in [-0.4, -0.2) is 97.4 Å². The summed E-state index contributed by atoms with van der Waals surface area (Å²) < 4.78 is 27.6. The fourth-order valence-electron chi connectivity index (χ4n) is 3.03. The van der Waals surface area contributed by atoms with Gasteiger partial charge in [0.25, 0.3) is 5.91 Å². The fraction of sp³-hybridized carbons (Fsp3) is 0.867. The summed E-state index contributed by atoms with van der Waals surface area (Å²) in [7, 11) is 3.12. The molecule has 3 heterocycles. The molecule has 7 unspecified atom stereocenters. The highest BCUT2D eigenvalue weighted by Gasteiger charge is 2.56. The molecule has 0 aliphatic carbocycles. The van der Waals surface area contributed by atoms with Gasteiger partial charge in [0, 0.05) is 21.0 Å². The molecule has 25 heavy (non-hydrogen) atoms. The number of aliphatic hydroxyl groups is 1. The average molecular weight is 360 g/mol. The molecular weight excluding hydrogens is 336 g/mol. The van der Waals surface area contributed by atoms with Gasteiger partial charge in [-0.05, 0) is 6.92 Å². The Labute approximate surface area is 145 Å². The smallest absolute Gasteiger partial charge is 0.280 e. The predicted octanol–water partition coefficient (Wildman–Crippen LogP) is -1.53. The van der Waals surface area contributed by atoms with Crippen molar-refractivity contribution in [3.8, 4) is 0 Å². The molecule has 0 aromatic heterocycles. The first-order valence-electron chi connectivity index (χ1n) is 8.16. The molecule has 0 spiro atoms. The Kier molecular flexibility index (Phi) is 5.28. The van der Waals surface area contributed by atoms with Crippen LogP contribution in [0.15, 0.2) is 0 Å². The number of hydrogen-bond donors (Lipinski definition) is 1. The number of nitrogens with zero attached hydrogens (tertiary/aromatic N) is 2. The number of carbonyl (C=O) groups excluding carboxylic acids is 2. The number of hydrogen-bond acceptors (Lipinski definition) is 8. The van der Waals surface area contributed by atoms with E-state index >= 15 is 0 Å². The monoisotopic (exact) mass is 360 g/mol. The molecule has 0 saturated carbocycles. The van der Waals surface area contributed by atoms with Crippen LogP contribution in [-0.2, 0) is 33.3 Å². The molecular formula is C15H24N2O8. The molecule has 1 N–H and O–H groups in total. The zero-order valence-electron chi connectivity index (χ0n) is 14.7. The summed E-state index contributed by atoms with van der Waals surface area (Å²) in [5.74, 6) is -0.622. The molecule has 3 fully saturated rings. The number of aliphatic hydroxyl groups excluding tert-OH is 1. The van der Waals surface area contributed by atoms with Gasteiger partial charge in [-0.3, -0.25) is 9.59 Å².